The van der Waals surface area contributed by atoms with Crippen molar-refractivity contribution in [2.24, 2.45) is 0 Å². The van der Waals surface area contributed by atoms with Gasteiger partial charge in [-0.1, -0.05) is 33.6 Å². The van der Waals surface area contributed by atoms with E-state index in [1.807, 2.05) is 0 Å². The fourth-order valence-electron chi connectivity index (χ4n) is 1.27. The average Bonchev–Trinajstić information content (AvgIpc) is 2.28. The lowest BCUT2D eigenvalue weighted by Gasteiger charge is -2.17. The van der Waals surface area contributed by atoms with Gasteiger partial charge in [-0.05, 0) is 18.6 Å². The van der Waals surface area contributed by atoms with Crippen LogP contribution >= 0.6 is 27.5 Å². The molecule has 0 unspecified atom stereocenters. The highest BCUT2D eigenvalue weighted by molar-refractivity contribution is 9.09. The first-order valence-electron chi connectivity index (χ1n) is 4.83. The lowest BCUT2D eigenvalue weighted by molar-refractivity contribution is 0.0791. The van der Waals surface area contributed by atoms with E-state index in [2.05, 4.69) is 15.9 Å². The molecule has 0 fully saturated rings. The third-order valence-electron chi connectivity index (χ3n) is 2.16. The normalized spacial score (nSPS) is 10.2. The van der Waals surface area contributed by atoms with Gasteiger partial charge in [0.2, 0.25) is 0 Å². The van der Waals surface area contributed by atoms with Crippen molar-refractivity contribution in [3.63, 3.8) is 0 Å². The van der Waals surface area contributed by atoms with Gasteiger partial charge in [0.05, 0.1) is 10.6 Å². The largest absolute Gasteiger partial charge is 0.342 e. The van der Waals surface area contributed by atoms with Gasteiger partial charge in [-0.15, -0.1) is 0 Å². The van der Waals surface area contributed by atoms with Crippen LogP contribution in [0.1, 0.15) is 16.8 Å². The number of alkyl halides is 1. The van der Waals surface area contributed by atoms with Gasteiger partial charge in [0.15, 0.2) is 5.82 Å². The molecule has 5 heteroatoms. The van der Waals surface area contributed by atoms with E-state index in [4.69, 9.17) is 11.6 Å². The molecule has 0 aliphatic heterocycles. The van der Waals surface area contributed by atoms with E-state index in [1.54, 1.807) is 13.1 Å². The molecule has 88 valence electrons. The minimum absolute atomic E-state index is 0.0181. The van der Waals surface area contributed by atoms with Crippen molar-refractivity contribution in [2.75, 3.05) is 18.9 Å². The topological polar surface area (TPSA) is 20.3 Å². The second-order valence-electron chi connectivity index (χ2n) is 3.37. The van der Waals surface area contributed by atoms with Crippen molar-refractivity contribution >= 4 is 33.4 Å². The Morgan fingerprint density at radius 3 is 2.88 bits per heavy atom. The molecule has 0 radical (unpaired) electrons. The van der Waals surface area contributed by atoms with E-state index in [1.165, 1.54) is 17.0 Å². The molecule has 1 amide bonds. The van der Waals surface area contributed by atoms with Crippen molar-refractivity contribution < 1.29 is 9.18 Å². The Kier molecular flexibility index (Phi) is 5.22. The molecule has 1 aromatic carbocycles. The lowest BCUT2D eigenvalue weighted by atomic mass is 10.2. The minimum atomic E-state index is -0.653. The Bertz CT molecular complexity index is 386. The molecular weight excluding hydrogens is 296 g/mol. The van der Waals surface area contributed by atoms with E-state index < -0.39 is 5.82 Å². The third-order valence-corrected chi connectivity index (χ3v) is 3.01. The predicted octanol–water partition coefficient (Wildman–Crippen LogP) is 3.34. The van der Waals surface area contributed by atoms with E-state index >= 15 is 0 Å². The summed E-state index contributed by atoms with van der Waals surface area (Å²) in [4.78, 5) is 13.3. The molecule has 0 aromatic heterocycles. The van der Waals surface area contributed by atoms with Gasteiger partial charge >= 0.3 is 0 Å². The maximum atomic E-state index is 13.5. The second kappa shape index (κ2) is 6.21. The Morgan fingerprint density at radius 1 is 1.56 bits per heavy atom. The van der Waals surface area contributed by atoms with Crippen molar-refractivity contribution in [3.8, 4) is 0 Å². The number of hydrogen-bond donors (Lipinski definition) is 0. The Hall–Kier alpha value is -0.610. The van der Waals surface area contributed by atoms with Gasteiger partial charge in [0.1, 0.15) is 0 Å². The highest BCUT2D eigenvalue weighted by Crippen LogP contribution is 2.19. The summed E-state index contributed by atoms with van der Waals surface area (Å²) in [6.45, 7) is 0.579. The summed E-state index contributed by atoms with van der Waals surface area (Å²) < 4.78 is 13.5. The number of halogens is 3. The molecule has 2 nitrogen and oxygen atoms in total. The quantitative estimate of drug-likeness (QED) is 0.781. The molecule has 0 aliphatic carbocycles. The number of hydrogen-bond acceptors (Lipinski definition) is 1. The first-order valence-corrected chi connectivity index (χ1v) is 6.33. The smallest absolute Gasteiger partial charge is 0.256 e. The zero-order valence-corrected chi connectivity index (χ0v) is 11.2. The van der Waals surface area contributed by atoms with E-state index in [0.717, 1.165) is 11.8 Å². The van der Waals surface area contributed by atoms with Crippen LogP contribution in [0.3, 0.4) is 0 Å². The molecule has 16 heavy (non-hydrogen) atoms. The SMILES string of the molecule is CN(CCCBr)C(=O)c1cccc(Cl)c1F. The van der Waals surface area contributed by atoms with Crippen LogP contribution in [0.2, 0.25) is 5.02 Å². The van der Waals surface area contributed by atoms with Crippen LogP contribution in [-0.4, -0.2) is 29.7 Å². The number of rotatable bonds is 4. The standard InChI is InChI=1S/C11H12BrClFNO/c1-15(7-3-6-12)11(16)8-4-2-5-9(13)10(8)14/h2,4-5H,3,6-7H2,1H3. The Morgan fingerprint density at radius 2 is 2.25 bits per heavy atom. The molecule has 0 aliphatic rings. The minimum Gasteiger partial charge on any atom is -0.342 e. The summed E-state index contributed by atoms with van der Waals surface area (Å²) in [5, 5.41) is 0.780. The fraction of sp³-hybridized carbons (Fsp3) is 0.364. The molecule has 1 rings (SSSR count). The van der Waals surface area contributed by atoms with Crippen molar-refractivity contribution in [1.82, 2.24) is 4.90 Å². The van der Waals surface area contributed by atoms with E-state index in [-0.39, 0.29) is 16.5 Å². The van der Waals surface area contributed by atoms with Gasteiger partial charge < -0.3 is 4.90 Å². The van der Waals surface area contributed by atoms with E-state index in [0.29, 0.717) is 6.54 Å². The number of carbonyl (C=O) groups is 1. The van der Waals surface area contributed by atoms with Crippen LogP contribution in [0, 0.1) is 5.82 Å². The van der Waals surface area contributed by atoms with Gasteiger partial charge in [-0.25, -0.2) is 4.39 Å². The first-order chi connectivity index (χ1) is 7.57. The molecule has 0 bridgehead atoms. The van der Waals surface area contributed by atoms with Crippen LogP contribution in [-0.2, 0) is 0 Å². The van der Waals surface area contributed by atoms with Gasteiger partial charge in [0.25, 0.3) is 5.91 Å². The van der Waals surface area contributed by atoms with Crippen LogP contribution in [0.25, 0.3) is 0 Å². The molecule has 0 heterocycles. The zero-order valence-electron chi connectivity index (χ0n) is 8.84. The maximum Gasteiger partial charge on any atom is 0.256 e. The molecular formula is C11H12BrClFNO. The third kappa shape index (κ3) is 3.19. The van der Waals surface area contributed by atoms with Gasteiger partial charge in [0, 0.05) is 18.9 Å². The Balaban J connectivity index is 2.84. The maximum absolute atomic E-state index is 13.5. The molecule has 0 spiro atoms. The predicted molar refractivity (Wildman–Crippen MR) is 66.8 cm³/mol. The van der Waals surface area contributed by atoms with Crippen molar-refractivity contribution in [2.45, 2.75) is 6.42 Å². The first kappa shape index (κ1) is 13.5. The van der Waals surface area contributed by atoms with Gasteiger partial charge in [-0.2, -0.15) is 0 Å². The summed E-state index contributed by atoms with van der Waals surface area (Å²) >= 11 is 8.89. The summed E-state index contributed by atoms with van der Waals surface area (Å²) in [6.07, 6.45) is 0.824. The molecule has 0 N–H and O–H groups in total. The van der Waals surface area contributed by atoms with Gasteiger partial charge in [-0.3, -0.25) is 4.79 Å². The van der Waals surface area contributed by atoms with E-state index in [9.17, 15) is 9.18 Å². The summed E-state index contributed by atoms with van der Waals surface area (Å²) in [7, 11) is 1.64. The molecule has 0 saturated carbocycles. The highest BCUT2D eigenvalue weighted by Gasteiger charge is 2.17. The number of carbonyl (C=O) groups excluding carboxylic acids is 1. The number of amides is 1. The summed E-state index contributed by atoms with van der Waals surface area (Å²) in [5.41, 5.74) is 0.0181. The van der Waals surface area contributed by atoms with Crippen LogP contribution < -0.4 is 0 Å². The van der Waals surface area contributed by atoms with Crippen molar-refractivity contribution in [3.05, 3.63) is 34.6 Å². The lowest BCUT2D eigenvalue weighted by Crippen LogP contribution is -2.28. The van der Waals surface area contributed by atoms with Crippen molar-refractivity contribution in [1.29, 1.82) is 0 Å². The second-order valence-corrected chi connectivity index (χ2v) is 4.57. The van der Waals surface area contributed by atoms with Crippen LogP contribution in [0.5, 0.6) is 0 Å². The summed E-state index contributed by atoms with van der Waals surface area (Å²) in [6, 6.07) is 4.43. The summed E-state index contributed by atoms with van der Waals surface area (Å²) in [5.74, 6) is -0.999. The molecule has 0 atom stereocenters. The molecule has 1 aromatic rings. The fourth-order valence-corrected chi connectivity index (χ4v) is 1.70. The number of benzene rings is 1. The highest BCUT2D eigenvalue weighted by atomic mass is 79.9. The Labute approximate surface area is 108 Å². The monoisotopic (exact) mass is 307 g/mol. The van der Waals surface area contributed by atoms with Crippen LogP contribution in [0.15, 0.2) is 18.2 Å². The van der Waals surface area contributed by atoms with Crippen LogP contribution in [0.4, 0.5) is 4.39 Å². The number of nitrogens with zero attached hydrogens (tertiary/aromatic N) is 1. The zero-order chi connectivity index (χ0) is 12.1. The molecule has 0 saturated heterocycles. The average molecular weight is 309 g/mol.